The zero-order valence-electron chi connectivity index (χ0n) is 9.45. The molecule has 0 aromatic carbocycles. The molecule has 0 saturated carbocycles. The van der Waals surface area contributed by atoms with E-state index in [-0.39, 0.29) is 37.0 Å². The Morgan fingerprint density at radius 2 is 1.89 bits per heavy atom. The molecule has 1 aromatic heterocycles. The van der Waals surface area contributed by atoms with Crippen molar-refractivity contribution in [2.45, 2.75) is 4.90 Å². The van der Waals surface area contributed by atoms with Gasteiger partial charge in [-0.2, -0.15) is 4.31 Å². The number of anilines is 1. The molecular formula is C9H14BrN3O4S. The first-order valence-electron chi connectivity index (χ1n) is 5.06. The number of nitrogens with zero attached hydrogens (tertiary/aromatic N) is 2. The highest BCUT2D eigenvalue weighted by molar-refractivity contribution is 9.10. The summed E-state index contributed by atoms with van der Waals surface area (Å²) in [6.45, 7) is -0.926. The van der Waals surface area contributed by atoms with E-state index in [4.69, 9.17) is 15.9 Å². The number of aliphatic hydroxyl groups is 2. The smallest absolute Gasteiger partial charge is 0.246 e. The molecule has 18 heavy (non-hydrogen) atoms. The molecule has 1 rings (SSSR count). The van der Waals surface area contributed by atoms with E-state index >= 15 is 0 Å². The molecule has 0 radical (unpaired) electrons. The van der Waals surface area contributed by atoms with Crippen LogP contribution in [0.4, 0.5) is 5.82 Å². The Morgan fingerprint density at radius 3 is 2.39 bits per heavy atom. The minimum Gasteiger partial charge on any atom is -0.395 e. The van der Waals surface area contributed by atoms with Gasteiger partial charge in [0.05, 0.1) is 13.2 Å². The van der Waals surface area contributed by atoms with E-state index in [2.05, 4.69) is 20.9 Å². The van der Waals surface area contributed by atoms with Gasteiger partial charge in [-0.15, -0.1) is 0 Å². The van der Waals surface area contributed by atoms with E-state index in [0.717, 1.165) is 4.31 Å². The van der Waals surface area contributed by atoms with Crippen LogP contribution in [-0.4, -0.2) is 54.2 Å². The maximum absolute atomic E-state index is 12.2. The van der Waals surface area contributed by atoms with Crippen LogP contribution in [0.5, 0.6) is 0 Å². The first-order valence-corrected chi connectivity index (χ1v) is 7.29. The average Bonchev–Trinajstić information content (AvgIpc) is 2.32. The molecule has 0 atom stereocenters. The van der Waals surface area contributed by atoms with Crippen LogP contribution in [-0.2, 0) is 10.0 Å². The maximum Gasteiger partial charge on any atom is 0.246 e. The molecule has 102 valence electrons. The summed E-state index contributed by atoms with van der Waals surface area (Å²) in [5, 5.41) is 17.7. The standard InChI is InChI=1S/C9H14BrN3O4S/c10-7-5-8(9(11)12-6-7)18(16,17)13(1-3-14)2-4-15/h5-6,14-15H,1-4H2,(H2,11,12). The van der Waals surface area contributed by atoms with Gasteiger partial charge in [-0.1, -0.05) is 0 Å². The minimum absolute atomic E-state index is 0.116. The van der Waals surface area contributed by atoms with Crippen molar-refractivity contribution >= 4 is 31.8 Å². The zero-order chi connectivity index (χ0) is 13.8. The normalized spacial score (nSPS) is 12.0. The van der Waals surface area contributed by atoms with E-state index in [1.54, 1.807) is 0 Å². The molecule has 0 amide bonds. The lowest BCUT2D eigenvalue weighted by Gasteiger charge is -2.20. The quantitative estimate of drug-likeness (QED) is 0.637. The Balaban J connectivity index is 3.21. The SMILES string of the molecule is Nc1ncc(Br)cc1S(=O)(=O)N(CCO)CCO. The van der Waals surface area contributed by atoms with Gasteiger partial charge in [0.15, 0.2) is 0 Å². The van der Waals surface area contributed by atoms with E-state index < -0.39 is 10.0 Å². The number of aromatic nitrogens is 1. The van der Waals surface area contributed by atoms with Crippen molar-refractivity contribution in [1.82, 2.24) is 9.29 Å². The Bertz CT molecular complexity index is 503. The Kier molecular flexibility index (Phi) is 5.47. The predicted octanol–water partition coefficient (Wildman–Crippen LogP) is -0.598. The lowest BCUT2D eigenvalue weighted by Crippen LogP contribution is -2.36. The lowest BCUT2D eigenvalue weighted by atomic mass is 10.5. The minimum atomic E-state index is -3.88. The van der Waals surface area contributed by atoms with Crippen molar-refractivity contribution in [3.8, 4) is 0 Å². The van der Waals surface area contributed by atoms with E-state index in [0.29, 0.717) is 4.47 Å². The maximum atomic E-state index is 12.2. The molecule has 9 heteroatoms. The first kappa shape index (κ1) is 15.3. The molecule has 0 saturated heterocycles. The number of hydrogen-bond acceptors (Lipinski definition) is 6. The highest BCUT2D eigenvalue weighted by Gasteiger charge is 2.26. The number of hydrogen-bond donors (Lipinski definition) is 3. The van der Waals surface area contributed by atoms with Crippen LogP contribution in [0.3, 0.4) is 0 Å². The van der Waals surface area contributed by atoms with E-state index in [1.165, 1.54) is 12.3 Å². The molecular weight excluding hydrogens is 326 g/mol. The summed E-state index contributed by atoms with van der Waals surface area (Å²) < 4.78 is 25.9. The predicted molar refractivity (Wildman–Crippen MR) is 69.3 cm³/mol. The molecule has 7 nitrogen and oxygen atoms in total. The van der Waals surface area contributed by atoms with Crippen LogP contribution < -0.4 is 5.73 Å². The molecule has 1 aromatic rings. The van der Waals surface area contributed by atoms with Crippen LogP contribution >= 0.6 is 15.9 Å². The lowest BCUT2D eigenvalue weighted by molar-refractivity contribution is 0.217. The van der Waals surface area contributed by atoms with Crippen LogP contribution in [0, 0.1) is 0 Å². The van der Waals surface area contributed by atoms with Gasteiger partial charge in [0, 0.05) is 23.8 Å². The second kappa shape index (κ2) is 6.43. The van der Waals surface area contributed by atoms with Crippen molar-refractivity contribution in [1.29, 1.82) is 0 Å². The van der Waals surface area contributed by atoms with Gasteiger partial charge < -0.3 is 15.9 Å². The van der Waals surface area contributed by atoms with Crippen molar-refractivity contribution in [2.24, 2.45) is 0 Å². The summed E-state index contributed by atoms with van der Waals surface area (Å²) >= 11 is 3.12. The third-order valence-electron chi connectivity index (χ3n) is 2.17. The van der Waals surface area contributed by atoms with Crippen LogP contribution in [0.1, 0.15) is 0 Å². The van der Waals surface area contributed by atoms with E-state index in [9.17, 15) is 8.42 Å². The zero-order valence-corrected chi connectivity index (χ0v) is 11.9. The number of nitrogens with two attached hydrogens (primary N) is 1. The molecule has 0 fully saturated rings. The third-order valence-corrected chi connectivity index (χ3v) is 4.53. The highest BCUT2D eigenvalue weighted by atomic mass is 79.9. The van der Waals surface area contributed by atoms with Crippen LogP contribution in [0.2, 0.25) is 0 Å². The molecule has 0 aliphatic heterocycles. The third kappa shape index (κ3) is 3.39. The van der Waals surface area contributed by atoms with Crippen LogP contribution in [0.15, 0.2) is 21.6 Å². The second-order valence-electron chi connectivity index (χ2n) is 3.39. The number of aliphatic hydroxyl groups excluding tert-OH is 2. The largest absolute Gasteiger partial charge is 0.395 e. The molecule has 0 bridgehead atoms. The summed E-state index contributed by atoms with van der Waals surface area (Å²) in [6, 6.07) is 1.33. The summed E-state index contributed by atoms with van der Waals surface area (Å²) in [6.07, 6.45) is 1.39. The molecule has 0 unspecified atom stereocenters. The highest BCUT2D eigenvalue weighted by Crippen LogP contribution is 2.23. The monoisotopic (exact) mass is 339 g/mol. The van der Waals surface area contributed by atoms with Gasteiger partial charge in [0.1, 0.15) is 10.7 Å². The van der Waals surface area contributed by atoms with Crippen LogP contribution in [0.25, 0.3) is 0 Å². The van der Waals surface area contributed by atoms with Crippen molar-refractivity contribution < 1.29 is 18.6 Å². The summed E-state index contributed by atoms with van der Waals surface area (Å²) in [5.41, 5.74) is 5.54. The number of pyridine rings is 1. The Labute approximate surface area is 113 Å². The fraction of sp³-hybridized carbons (Fsp3) is 0.444. The molecule has 0 aliphatic carbocycles. The van der Waals surface area contributed by atoms with E-state index in [1.807, 2.05) is 0 Å². The fourth-order valence-electron chi connectivity index (χ4n) is 1.35. The van der Waals surface area contributed by atoms with Gasteiger partial charge >= 0.3 is 0 Å². The molecule has 4 N–H and O–H groups in total. The summed E-state index contributed by atoms with van der Waals surface area (Å²) in [5.74, 6) is -0.126. The number of halogens is 1. The fourth-order valence-corrected chi connectivity index (χ4v) is 3.35. The second-order valence-corrected chi connectivity index (χ2v) is 6.21. The molecule has 0 aliphatic rings. The molecule has 0 spiro atoms. The van der Waals surface area contributed by atoms with Gasteiger partial charge in [-0.05, 0) is 22.0 Å². The average molecular weight is 340 g/mol. The number of sulfonamides is 1. The number of nitrogen functional groups attached to an aromatic ring is 1. The van der Waals surface area contributed by atoms with Gasteiger partial charge in [0.2, 0.25) is 10.0 Å². The molecule has 1 heterocycles. The van der Waals surface area contributed by atoms with Gasteiger partial charge in [-0.25, -0.2) is 13.4 Å². The Morgan fingerprint density at radius 1 is 1.33 bits per heavy atom. The van der Waals surface area contributed by atoms with Crippen molar-refractivity contribution in [3.63, 3.8) is 0 Å². The summed E-state index contributed by atoms with van der Waals surface area (Å²) in [4.78, 5) is 3.59. The number of rotatable bonds is 6. The van der Waals surface area contributed by atoms with Crippen molar-refractivity contribution in [3.05, 3.63) is 16.7 Å². The summed E-state index contributed by atoms with van der Waals surface area (Å²) in [7, 11) is -3.88. The Hall–Kier alpha value is -0.740. The van der Waals surface area contributed by atoms with Gasteiger partial charge in [-0.3, -0.25) is 0 Å². The topological polar surface area (TPSA) is 117 Å². The first-order chi connectivity index (χ1) is 8.43. The van der Waals surface area contributed by atoms with Gasteiger partial charge in [0.25, 0.3) is 0 Å². The van der Waals surface area contributed by atoms with Crippen molar-refractivity contribution in [2.75, 3.05) is 32.0 Å².